The number of aromatic nitrogens is 5. The van der Waals surface area contributed by atoms with Gasteiger partial charge in [-0.15, -0.1) is 0 Å². The van der Waals surface area contributed by atoms with E-state index < -0.39 is 0 Å². The molecule has 3 aromatic heterocycles. The van der Waals surface area contributed by atoms with Crippen molar-refractivity contribution < 1.29 is 9.53 Å². The van der Waals surface area contributed by atoms with Gasteiger partial charge in [0.1, 0.15) is 29.3 Å². The second-order valence-electron chi connectivity index (χ2n) is 8.85. The molecule has 36 heavy (non-hydrogen) atoms. The molecule has 0 aliphatic rings. The van der Waals surface area contributed by atoms with E-state index in [4.69, 9.17) is 15.6 Å². The number of H-pyrrole nitrogens is 1. The monoisotopic (exact) mass is 484 g/mol. The van der Waals surface area contributed by atoms with Crippen LogP contribution in [-0.4, -0.2) is 70.3 Å². The lowest BCUT2D eigenvalue weighted by Crippen LogP contribution is -2.27. The third kappa shape index (κ3) is 4.11. The van der Waals surface area contributed by atoms with Gasteiger partial charge in [-0.3, -0.25) is 4.79 Å². The van der Waals surface area contributed by atoms with Crippen LogP contribution in [-0.2, 0) is 6.54 Å². The summed E-state index contributed by atoms with van der Waals surface area (Å²) in [5.74, 6) is 0.722. The minimum Gasteiger partial charge on any atom is -0.495 e. The van der Waals surface area contributed by atoms with Crippen LogP contribution in [0.3, 0.4) is 0 Å². The summed E-state index contributed by atoms with van der Waals surface area (Å²) in [7, 11) is 7.32. The van der Waals surface area contributed by atoms with E-state index in [1.54, 1.807) is 19.1 Å². The summed E-state index contributed by atoms with van der Waals surface area (Å²) < 4.78 is 7.54. The van der Waals surface area contributed by atoms with Gasteiger partial charge in [0, 0.05) is 30.1 Å². The average Bonchev–Trinajstić information content (AvgIpc) is 3.49. The first kappa shape index (κ1) is 23.3. The molecule has 0 atom stereocenters. The number of nitrogens with one attached hydrogen (secondary N) is 1. The molecule has 3 heterocycles. The van der Waals surface area contributed by atoms with Crippen LogP contribution in [0.15, 0.2) is 54.9 Å². The second kappa shape index (κ2) is 9.31. The Morgan fingerprint density at radius 2 is 1.92 bits per heavy atom. The minimum absolute atomic E-state index is 0.173. The lowest BCUT2D eigenvalue weighted by Gasteiger charge is -2.20. The summed E-state index contributed by atoms with van der Waals surface area (Å²) in [5.41, 5.74) is 10.4. The SMILES string of the molecule is COc1cc(-c2nn(CCN(C)C)c3ncnc(N)c23)ccc1N(C)C(=O)c1cc2ccccc2[nH]1. The van der Waals surface area contributed by atoms with Gasteiger partial charge in [0.05, 0.1) is 24.7 Å². The van der Waals surface area contributed by atoms with Crippen LogP contribution in [0.5, 0.6) is 5.75 Å². The summed E-state index contributed by atoms with van der Waals surface area (Å²) >= 11 is 0. The fraction of sp³-hybridized carbons (Fsp3) is 0.231. The Kier molecular flexibility index (Phi) is 6.03. The zero-order valence-corrected chi connectivity index (χ0v) is 20.7. The molecular weight excluding hydrogens is 456 g/mol. The first-order chi connectivity index (χ1) is 17.4. The highest BCUT2D eigenvalue weighted by molar-refractivity contribution is 6.08. The van der Waals surface area contributed by atoms with Crippen LogP contribution in [0.2, 0.25) is 0 Å². The van der Waals surface area contributed by atoms with Crippen LogP contribution in [0.4, 0.5) is 11.5 Å². The molecule has 0 bridgehead atoms. The number of benzene rings is 2. The predicted molar refractivity (Wildman–Crippen MR) is 141 cm³/mol. The van der Waals surface area contributed by atoms with E-state index in [0.29, 0.717) is 46.2 Å². The second-order valence-corrected chi connectivity index (χ2v) is 8.85. The first-order valence-corrected chi connectivity index (χ1v) is 11.5. The van der Waals surface area contributed by atoms with E-state index in [1.165, 1.54) is 6.33 Å². The quantitative estimate of drug-likeness (QED) is 0.363. The van der Waals surface area contributed by atoms with Gasteiger partial charge in [0.15, 0.2) is 5.65 Å². The normalized spacial score (nSPS) is 11.5. The maximum atomic E-state index is 13.3. The number of aromatic amines is 1. The fourth-order valence-electron chi connectivity index (χ4n) is 4.26. The van der Waals surface area contributed by atoms with Gasteiger partial charge in [-0.05, 0) is 38.4 Å². The van der Waals surface area contributed by atoms with Gasteiger partial charge in [-0.1, -0.05) is 24.3 Å². The number of rotatable bonds is 7. The summed E-state index contributed by atoms with van der Waals surface area (Å²) in [6, 6.07) is 15.2. The van der Waals surface area contributed by atoms with Crippen molar-refractivity contribution in [3.63, 3.8) is 0 Å². The number of carbonyl (C=O) groups excluding carboxylic acids is 1. The molecule has 0 fully saturated rings. The number of ether oxygens (including phenoxy) is 1. The molecule has 0 saturated carbocycles. The van der Waals surface area contributed by atoms with Crippen molar-refractivity contribution in [1.82, 2.24) is 29.6 Å². The van der Waals surface area contributed by atoms with Gasteiger partial charge >= 0.3 is 0 Å². The molecule has 3 N–H and O–H groups in total. The number of hydrogen-bond acceptors (Lipinski definition) is 7. The predicted octanol–water partition coefficient (Wildman–Crippen LogP) is 3.40. The Labute approximate surface area is 208 Å². The Morgan fingerprint density at radius 1 is 1.11 bits per heavy atom. The molecule has 10 nitrogen and oxygen atoms in total. The molecule has 10 heteroatoms. The van der Waals surface area contributed by atoms with Crippen molar-refractivity contribution in [2.45, 2.75) is 6.54 Å². The van der Waals surface area contributed by atoms with Crippen LogP contribution >= 0.6 is 0 Å². The number of methoxy groups -OCH3 is 1. The number of nitrogen functional groups attached to an aromatic ring is 1. The van der Waals surface area contributed by atoms with E-state index in [-0.39, 0.29) is 5.91 Å². The van der Waals surface area contributed by atoms with Crippen molar-refractivity contribution >= 4 is 39.3 Å². The largest absolute Gasteiger partial charge is 0.495 e. The number of likely N-dealkylation sites (N-methyl/N-ethyl adjacent to an activating group) is 1. The third-order valence-electron chi connectivity index (χ3n) is 6.20. The molecule has 5 rings (SSSR count). The van der Waals surface area contributed by atoms with E-state index in [0.717, 1.165) is 23.0 Å². The Balaban J connectivity index is 1.52. The van der Waals surface area contributed by atoms with E-state index in [2.05, 4.69) is 19.9 Å². The molecule has 0 aliphatic carbocycles. The minimum atomic E-state index is -0.173. The highest BCUT2D eigenvalue weighted by atomic mass is 16.5. The van der Waals surface area contributed by atoms with Crippen molar-refractivity contribution in [2.24, 2.45) is 0 Å². The molecule has 0 radical (unpaired) electrons. The number of fused-ring (bicyclic) bond motifs is 2. The highest BCUT2D eigenvalue weighted by Gasteiger charge is 2.22. The van der Waals surface area contributed by atoms with Crippen molar-refractivity contribution in [3.05, 3.63) is 60.6 Å². The van der Waals surface area contributed by atoms with Crippen molar-refractivity contribution in [2.75, 3.05) is 45.4 Å². The summed E-state index contributed by atoms with van der Waals surface area (Å²) in [6.45, 7) is 1.44. The highest BCUT2D eigenvalue weighted by Crippen LogP contribution is 2.36. The van der Waals surface area contributed by atoms with E-state index in [9.17, 15) is 4.79 Å². The van der Waals surface area contributed by atoms with Gasteiger partial charge in [0.2, 0.25) is 0 Å². The summed E-state index contributed by atoms with van der Waals surface area (Å²) in [6.07, 6.45) is 1.45. The first-order valence-electron chi connectivity index (χ1n) is 11.5. The average molecular weight is 485 g/mol. The molecule has 0 spiro atoms. The number of hydrogen-bond donors (Lipinski definition) is 2. The summed E-state index contributed by atoms with van der Waals surface area (Å²) in [5, 5.41) is 6.48. The Hall–Kier alpha value is -4.44. The van der Waals surface area contributed by atoms with Crippen molar-refractivity contribution in [3.8, 4) is 17.0 Å². The molecular formula is C26H28N8O2. The zero-order valence-electron chi connectivity index (χ0n) is 20.7. The van der Waals surface area contributed by atoms with Crippen LogP contribution < -0.4 is 15.4 Å². The maximum absolute atomic E-state index is 13.3. The lowest BCUT2D eigenvalue weighted by molar-refractivity contribution is 0.0988. The maximum Gasteiger partial charge on any atom is 0.274 e. The lowest BCUT2D eigenvalue weighted by atomic mass is 10.1. The van der Waals surface area contributed by atoms with Gasteiger partial charge in [-0.25, -0.2) is 14.6 Å². The molecule has 5 aromatic rings. The molecule has 2 aromatic carbocycles. The number of para-hydroxylation sites is 1. The van der Waals surface area contributed by atoms with Gasteiger partial charge in [0.25, 0.3) is 5.91 Å². The molecule has 0 unspecified atom stereocenters. The third-order valence-corrected chi connectivity index (χ3v) is 6.20. The number of anilines is 2. The molecule has 1 amide bonds. The Bertz CT molecular complexity index is 1540. The Morgan fingerprint density at radius 3 is 2.67 bits per heavy atom. The standard InChI is InChI=1S/C26H28N8O2/c1-32(2)11-12-34-25-22(24(27)28-15-29-25)23(31-34)17-9-10-20(21(14-17)36-4)33(3)26(35)19-13-16-7-5-6-8-18(16)30-19/h5-10,13-15,30H,11-12H2,1-4H3,(H2,27,28,29). The zero-order chi connectivity index (χ0) is 25.4. The molecule has 0 aliphatic heterocycles. The van der Waals surface area contributed by atoms with Gasteiger partial charge < -0.3 is 25.3 Å². The molecule has 184 valence electrons. The van der Waals surface area contributed by atoms with Gasteiger partial charge in [-0.2, -0.15) is 5.10 Å². The van der Waals surface area contributed by atoms with E-state index >= 15 is 0 Å². The topological polar surface area (TPSA) is 118 Å². The number of carbonyl (C=O) groups is 1. The van der Waals surface area contributed by atoms with Crippen LogP contribution in [0, 0.1) is 0 Å². The van der Waals surface area contributed by atoms with Crippen LogP contribution in [0.1, 0.15) is 10.5 Å². The number of amides is 1. The number of nitrogens with two attached hydrogens (primary N) is 1. The van der Waals surface area contributed by atoms with E-state index in [1.807, 2.05) is 67.3 Å². The van der Waals surface area contributed by atoms with Crippen molar-refractivity contribution in [1.29, 1.82) is 0 Å². The fourth-order valence-corrected chi connectivity index (χ4v) is 4.26. The molecule has 0 saturated heterocycles. The van der Waals surface area contributed by atoms with Crippen LogP contribution in [0.25, 0.3) is 33.2 Å². The summed E-state index contributed by atoms with van der Waals surface area (Å²) in [4.78, 5) is 28.7. The smallest absolute Gasteiger partial charge is 0.274 e. The number of nitrogens with zero attached hydrogens (tertiary/aromatic N) is 6.